The number of ether oxygens (including phenoxy) is 1. The van der Waals surface area contributed by atoms with Crippen LogP contribution in [0.4, 0.5) is 0 Å². The first-order valence-corrected chi connectivity index (χ1v) is 11.5. The lowest BCUT2D eigenvalue weighted by atomic mass is 10.1. The van der Waals surface area contributed by atoms with E-state index in [0.29, 0.717) is 34.6 Å². The number of nitrogens with zero attached hydrogens (tertiary/aromatic N) is 5. The van der Waals surface area contributed by atoms with Gasteiger partial charge in [0.1, 0.15) is 22.5 Å². The summed E-state index contributed by atoms with van der Waals surface area (Å²) in [5.74, 6) is 1.40. The number of para-hydroxylation sites is 2. The van der Waals surface area contributed by atoms with E-state index in [1.165, 1.54) is 5.56 Å². The van der Waals surface area contributed by atoms with Crippen molar-refractivity contribution < 1.29 is 4.74 Å². The molecule has 0 bridgehead atoms. The number of hydrogen-bond acceptors (Lipinski definition) is 5. The van der Waals surface area contributed by atoms with Crippen LogP contribution in [0.2, 0.25) is 0 Å². The van der Waals surface area contributed by atoms with Gasteiger partial charge in [0, 0.05) is 12.2 Å². The SMILES string of the molecule is COc1ccc(-n2c3nc4ccccc4nc3c3c(=O)n(CCc4ccccc4)c(C)nc32)cc1. The zero-order valence-corrected chi connectivity index (χ0v) is 19.5. The third-order valence-electron chi connectivity index (χ3n) is 6.35. The second-order valence-electron chi connectivity index (χ2n) is 8.47. The van der Waals surface area contributed by atoms with Crippen LogP contribution in [0.5, 0.6) is 5.75 Å². The fourth-order valence-electron chi connectivity index (χ4n) is 4.56. The molecule has 0 aliphatic heterocycles. The Hall–Kier alpha value is -4.52. The van der Waals surface area contributed by atoms with E-state index in [2.05, 4.69) is 12.1 Å². The molecular weight excluding hydrogens is 438 g/mol. The third kappa shape index (κ3) is 3.52. The van der Waals surface area contributed by atoms with Gasteiger partial charge in [0.25, 0.3) is 5.56 Å². The van der Waals surface area contributed by atoms with Gasteiger partial charge in [0.15, 0.2) is 11.3 Å². The highest BCUT2D eigenvalue weighted by molar-refractivity contribution is 6.05. The molecule has 7 nitrogen and oxygen atoms in total. The molecule has 6 aromatic rings. The molecule has 0 fully saturated rings. The van der Waals surface area contributed by atoms with Crippen LogP contribution in [-0.2, 0) is 13.0 Å². The molecule has 0 aliphatic carbocycles. The first kappa shape index (κ1) is 21.0. The van der Waals surface area contributed by atoms with Gasteiger partial charge < -0.3 is 4.74 Å². The van der Waals surface area contributed by atoms with Crippen LogP contribution in [0.25, 0.3) is 38.9 Å². The standard InChI is InChI=1S/C28H23N5O2/c1-18-29-26-24(28(34)32(18)17-16-19-8-4-3-5-9-19)25-27(31-23-11-7-6-10-22(23)30-25)33(26)20-12-14-21(35-2)15-13-20/h3-15H,16-17H2,1-2H3. The van der Waals surface area contributed by atoms with Gasteiger partial charge in [0.2, 0.25) is 0 Å². The van der Waals surface area contributed by atoms with Gasteiger partial charge in [0.05, 0.1) is 18.1 Å². The normalized spacial score (nSPS) is 11.5. The second kappa shape index (κ2) is 8.36. The largest absolute Gasteiger partial charge is 0.497 e. The van der Waals surface area contributed by atoms with Crippen LogP contribution in [0, 0.1) is 6.92 Å². The molecule has 0 radical (unpaired) electrons. The van der Waals surface area contributed by atoms with Crippen molar-refractivity contribution in [2.75, 3.05) is 7.11 Å². The molecule has 0 aliphatic rings. The van der Waals surface area contributed by atoms with Crippen molar-refractivity contribution in [1.29, 1.82) is 0 Å². The molecule has 0 saturated heterocycles. The number of methoxy groups -OCH3 is 1. The predicted octanol–water partition coefficient (Wildman–Crippen LogP) is 4.84. The maximum Gasteiger partial charge on any atom is 0.265 e. The molecule has 3 aromatic carbocycles. The van der Waals surface area contributed by atoms with E-state index < -0.39 is 0 Å². The van der Waals surface area contributed by atoms with Crippen LogP contribution in [0.1, 0.15) is 11.4 Å². The zero-order chi connectivity index (χ0) is 23.9. The average molecular weight is 462 g/mol. The minimum absolute atomic E-state index is 0.106. The van der Waals surface area contributed by atoms with Crippen molar-refractivity contribution >= 4 is 33.2 Å². The minimum atomic E-state index is -0.106. The summed E-state index contributed by atoms with van der Waals surface area (Å²) in [6.07, 6.45) is 0.737. The fraction of sp³-hybridized carbons (Fsp3) is 0.143. The number of fused-ring (bicyclic) bond motifs is 4. The lowest BCUT2D eigenvalue weighted by molar-refractivity contribution is 0.415. The van der Waals surface area contributed by atoms with E-state index >= 15 is 0 Å². The van der Waals surface area contributed by atoms with Gasteiger partial charge in [-0.15, -0.1) is 0 Å². The number of rotatable bonds is 5. The fourth-order valence-corrected chi connectivity index (χ4v) is 4.56. The molecule has 35 heavy (non-hydrogen) atoms. The monoisotopic (exact) mass is 461 g/mol. The van der Waals surface area contributed by atoms with E-state index in [0.717, 1.165) is 28.9 Å². The quantitative estimate of drug-likeness (QED) is 0.367. The molecule has 7 heteroatoms. The van der Waals surface area contributed by atoms with E-state index in [9.17, 15) is 4.79 Å². The molecule has 3 aromatic heterocycles. The molecule has 3 heterocycles. The molecule has 0 atom stereocenters. The molecule has 0 saturated carbocycles. The van der Waals surface area contributed by atoms with Crippen molar-refractivity contribution in [3.8, 4) is 11.4 Å². The van der Waals surface area contributed by atoms with Gasteiger partial charge in [-0.25, -0.2) is 15.0 Å². The smallest absolute Gasteiger partial charge is 0.265 e. The van der Waals surface area contributed by atoms with Gasteiger partial charge in [-0.05, 0) is 55.3 Å². The minimum Gasteiger partial charge on any atom is -0.497 e. The lowest BCUT2D eigenvalue weighted by Gasteiger charge is -2.11. The number of benzene rings is 3. The van der Waals surface area contributed by atoms with Crippen molar-refractivity contribution in [1.82, 2.24) is 24.1 Å². The maximum atomic E-state index is 13.9. The van der Waals surface area contributed by atoms with Gasteiger partial charge in [-0.1, -0.05) is 42.5 Å². The number of aromatic nitrogens is 5. The summed E-state index contributed by atoms with van der Waals surface area (Å²) in [7, 11) is 1.63. The summed E-state index contributed by atoms with van der Waals surface area (Å²) in [5.41, 5.74) is 5.12. The summed E-state index contributed by atoms with van der Waals surface area (Å²) in [6, 6.07) is 25.5. The van der Waals surface area contributed by atoms with E-state index in [1.54, 1.807) is 11.7 Å². The van der Waals surface area contributed by atoms with E-state index in [-0.39, 0.29) is 5.56 Å². The molecule has 172 valence electrons. The summed E-state index contributed by atoms with van der Waals surface area (Å²) in [6.45, 7) is 2.41. The Labute approximate surface area is 201 Å². The number of aryl methyl sites for hydroxylation is 2. The van der Waals surface area contributed by atoms with Crippen molar-refractivity contribution in [3.63, 3.8) is 0 Å². The third-order valence-corrected chi connectivity index (χ3v) is 6.35. The Morgan fingerprint density at radius 3 is 2.20 bits per heavy atom. The van der Waals surface area contributed by atoms with Gasteiger partial charge in [-0.3, -0.25) is 13.9 Å². The molecular formula is C28H23N5O2. The van der Waals surface area contributed by atoms with Crippen molar-refractivity contribution in [2.24, 2.45) is 0 Å². The summed E-state index contributed by atoms with van der Waals surface area (Å²) in [5, 5.41) is 0.479. The highest BCUT2D eigenvalue weighted by atomic mass is 16.5. The predicted molar refractivity (Wildman–Crippen MR) is 137 cm³/mol. The van der Waals surface area contributed by atoms with Crippen LogP contribution < -0.4 is 10.3 Å². The van der Waals surface area contributed by atoms with Crippen molar-refractivity contribution in [3.05, 3.63) is 101 Å². The molecule has 0 unspecified atom stereocenters. The average Bonchev–Trinajstić information content (AvgIpc) is 3.20. The zero-order valence-electron chi connectivity index (χ0n) is 19.5. The van der Waals surface area contributed by atoms with Crippen LogP contribution in [0.15, 0.2) is 83.7 Å². The Balaban J connectivity index is 1.63. The summed E-state index contributed by atoms with van der Waals surface area (Å²) >= 11 is 0. The Kier molecular flexibility index (Phi) is 5.03. The van der Waals surface area contributed by atoms with E-state index in [4.69, 9.17) is 19.7 Å². The summed E-state index contributed by atoms with van der Waals surface area (Å²) < 4.78 is 8.99. The summed E-state index contributed by atoms with van der Waals surface area (Å²) in [4.78, 5) is 28.6. The van der Waals surface area contributed by atoms with E-state index in [1.807, 2.05) is 78.2 Å². The van der Waals surface area contributed by atoms with Crippen LogP contribution in [0.3, 0.4) is 0 Å². The van der Waals surface area contributed by atoms with Gasteiger partial charge >= 0.3 is 0 Å². The second-order valence-corrected chi connectivity index (χ2v) is 8.47. The molecule has 0 spiro atoms. The Morgan fingerprint density at radius 1 is 0.800 bits per heavy atom. The van der Waals surface area contributed by atoms with Crippen LogP contribution in [-0.4, -0.2) is 31.2 Å². The lowest BCUT2D eigenvalue weighted by Crippen LogP contribution is -2.25. The molecule has 6 rings (SSSR count). The van der Waals surface area contributed by atoms with Gasteiger partial charge in [-0.2, -0.15) is 0 Å². The Morgan fingerprint density at radius 2 is 1.49 bits per heavy atom. The molecule has 0 amide bonds. The highest BCUT2D eigenvalue weighted by Crippen LogP contribution is 2.29. The van der Waals surface area contributed by atoms with Crippen LogP contribution >= 0.6 is 0 Å². The topological polar surface area (TPSA) is 74.8 Å². The highest BCUT2D eigenvalue weighted by Gasteiger charge is 2.22. The first-order valence-electron chi connectivity index (χ1n) is 11.5. The first-order chi connectivity index (χ1) is 17.1. The molecule has 0 N–H and O–H groups in total. The maximum absolute atomic E-state index is 13.9. The van der Waals surface area contributed by atoms with Crippen molar-refractivity contribution in [2.45, 2.75) is 19.9 Å². The Bertz CT molecular complexity index is 1750. The number of hydrogen-bond donors (Lipinski definition) is 0.